The van der Waals surface area contributed by atoms with Crippen molar-refractivity contribution in [3.05, 3.63) is 61.8 Å². The van der Waals surface area contributed by atoms with Crippen LogP contribution in [-0.4, -0.2) is 32.8 Å². The molecule has 1 saturated carbocycles. The van der Waals surface area contributed by atoms with Gasteiger partial charge in [0.15, 0.2) is 5.82 Å². The Morgan fingerprint density at radius 1 is 1.32 bits per heavy atom. The molecule has 2 heterocycles. The van der Waals surface area contributed by atoms with Crippen LogP contribution in [0.1, 0.15) is 35.7 Å². The SMILES string of the molecule is CC(NC(=O)c1cc(C#N)cc(Br)c1NC(=O)Oc1cc(Br)nn1-c1ncccc1Cl)C1CC1. The number of benzene rings is 1. The van der Waals surface area contributed by atoms with Gasteiger partial charge in [0.1, 0.15) is 4.60 Å². The molecule has 0 aliphatic heterocycles. The van der Waals surface area contributed by atoms with E-state index in [2.05, 4.69) is 52.6 Å². The number of halogens is 3. The van der Waals surface area contributed by atoms with Crippen LogP contribution in [0.3, 0.4) is 0 Å². The maximum atomic E-state index is 13.0. The average molecular weight is 609 g/mol. The van der Waals surface area contributed by atoms with Crippen molar-refractivity contribution in [3.63, 3.8) is 0 Å². The Morgan fingerprint density at radius 2 is 2.09 bits per heavy atom. The van der Waals surface area contributed by atoms with Crippen molar-refractivity contribution in [1.82, 2.24) is 20.1 Å². The molecule has 174 valence electrons. The van der Waals surface area contributed by atoms with E-state index in [1.54, 1.807) is 12.1 Å². The molecule has 0 radical (unpaired) electrons. The molecule has 1 unspecified atom stereocenters. The van der Waals surface area contributed by atoms with Crippen LogP contribution in [0, 0.1) is 17.2 Å². The summed E-state index contributed by atoms with van der Waals surface area (Å²) in [7, 11) is 0. The number of pyridine rings is 1. The Hall–Kier alpha value is -2.94. The number of nitrogens with zero attached hydrogens (tertiary/aromatic N) is 4. The van der Waals surface area contributed by atoms with Gasteiger partial charge in [0, 0.05) is 22.8 Å². The first-order valence-corrected chi connectivity index (χ1v) is 12.1. The lowest BCUT2D eigenvalue weighted by molar-refractivity contribution is 0.0936. The molecule has 0 spiro atoms. The van der Waals surface area contributed by atoms with Gasteiger partial charge in [-0.05, 0) is 81.8 Å². The van der Waals surface area contributed by atoms with Gasteiger partial charge in [-0.1, -0.05) is 11.6 Å². The van der Waals surface area contributed by atoms with Crippen molar-refractivity contribution in [2.75, 3.05) is 5.32 Å². The van der Waals surface area contributed by atoms with Crippen LogP contribution < -0.4 is 15.4 Å². The first kappa shape index (κ1) is 24.2. The number of hydrogen-bond acceptors (Lipinski definition) is 6. The highest BCUT2D eigenvalue weighted by molar-refractivity contribution is 9.10. The molecule has 2 aromatic heterocycles. The number of rotatable bonds is 6. The van der Waals surface area contributed by atoms with E-state index < -0.39 is 12.0 Å². The highest BCUT2D eigenvalue weighted by Crippen LogP contribution is 2.34. The second kappa shape index (κ2) is 10.1. The van der Waals surface area contributed by atoms with Gasteiger partial charge in [-0.15, -0.1) is 0 Å². The van der Waals surface area contributed by atoms with E-state index >= 15 is 0 Å². The van der Waals surface area contributed by atoms with Gasteiger partial charge in [-0.25, -0.2) is 9.78 Å². The van der Waals surface area contributed by atoms with E-state index in [9.17, 15) is 14.9 Å². The minimum Gasteiger partial charge on any atom is -0.391 e. The number of ether oxygens (including phenoxy) is 1. The van der Waals surface area contributed by atoms with Crippen molar-refractivity contribution >= 4 is 61.1 Å². The van der Waals surface area contributed by atoms with Gasteiger partial charge in [0.25, 0.3) is 5.91 Å². The Morgan fingerprint density at radius 3 is 2.76 bits per heavy atom. The normalized spacial score (nSPS) is 13.6. The summed E-state index contributed by atoms with van der Waals surface area (Å²) in [5.41, 5.74) is 0.574. The van der Waals surface area contributed by atoms with Gasteiger partial charge in [0.2, 0.25) is 5.88 Å². The van der Waals surface area contributed by atoms with Gasteiger partial charge >= 0.3 is 6.09 Å². The highest BCUT2D eigenvalue weighted by atomic mass is 79.9. The zero-order valence-electron chi connectivity index (χ0n) is 17.7. The maximum Gasteiger partial charge on any atom is 0.418 e. The molecular weight excluding hydrogens is 592 g/mol. The average Bonchev–Trinajstić information content (AvgIpc) is 3.59. The first-order valence-electron chi connectivity index (χ1n) is 10.2. The Labute approximate surface area is 216 Å². The van der Waals surface area contributed by atoms with Crippen molar-refractivity contribution < 1.29 is 14.3 Å². The fourth-order valence-corrected chi connectivity index (χ4v) is 4.41. The highest BCUT2D eigenvalue weighted by Gasteiger charge is 2.30. The van der Waals surface area contributed by atoms with Crippen LogP contribution in [-0.2, 0) is 0 Å². The molecule has 0 bridgehead atoms. The number of carbonyl (C=O) groups is 2. The number of hydrogen-bond donors (Lipinski definition) is 2. The second-order valence-electron chi connectivity index (χ2n) is 7.63. The lowest BCUT2D eigenvalue weighted by atomic mass is 10.1. The van der Waals surface area contributed by atoms with Crippen LogP contribution in [0.2, 0.25) is 5.02 Å². The van der Waals surface area contributed by atoms with E-state index in [1.165, 1.54) is 29.1 Å². The van der Waals surface area contributed by atoms with E-state index in [0.717, 1.165) is 12.8 Å². The molecule has 1 atom stereocenters. The number of amides is 2. The zero-order valence-corrected chi connectivity index (χ0v) is 21.6. The fourth-order valence-electron chi connectivity index (χ4n) is 3.29. The summed E-state index contributed by atoms with van der Waals surface area (Å²) >= 11 is 12.8. The Kier molecular flexibility index (Phi) is 7.21. The van der Waals surface area contributed by atoms with E-state index in [0.29, 0.717) is 20.0 Å². The predicted octanol–water partition coefficient (Wildman–Crippen LogP) is 5.46. The van der Waals surface area contributed by atoms with Gasteiger partial charge < -0.3 is 10.1 Å². The number of carbonyl (C=O) groups excluding carboxylic acids is 2. The zero-order chi connectivity index (χ0) is 24.4. The Balaban J connectivity index is 1.60. The third-order valence-corrected chi connectivity index (χ3v) is 6.47. The van der Waals surface area contributed by atoms with Crippen molar-refractivity contribution in [2.24, 2.45) is 5.92 Å². The molecule has 1 aliphatic carbocycles. The molecule has 1 aromatic carbocycles. The van der Waals surface area contributed by atoms with Crippen LogP contribution >= 0.6 is 43.5 Å². The van der Waals surface area contributed by atoms with E-state index in [-0.39, 0.29) is 34.6 Å². The van der Waals surface area contributed by atoms with E-state index in [1.807, 2.05) is 13.0 Å². The van der Waals surface area contributed by atoms with Gasteiger partial charge in [0.05, 0.1) is 27.9 Å². The maximum absolute atomic E-state index is 13.0. The largest absolute Gasteiger partial charge is 0.418 e. The van der Waals surface area contributed by atoms with Crippen LogP contribution in [0.15, 0.2) is 45.6 Å². The van der Waals surface area contributed by atoms with Crippen LogP contribution in [0.4, 0.5) is 10.5 Å². The molecule has 0 saturated heterocycles. The summed E-state index contributed by atoms with van der Waals surface area (Å²) < 4.78 is 7.48. The molecule has 2 amide bonds. The Bertz CT molecular complexity index is 1320. The van der Waals surface area contributed by atoms with Crippen LogP contribution in [0.25, 0.3) is 5.82 Å². The van der Waals surface area contributed by atoms with Gasteiger partial charge in [-0.3, -0.25) is 10.1 Å². The molecule has 34 heavy (non-hydrogen) atoms. The topological polar surface area (TPSA) is 122 Å². The summed E-state index contributed by atoms with van der Waals surface area (Å²) in [6.45, 7) is 1.93. The lowest BCUT2D eigenvalue weighted by Gasteiger charge is -2.17. The molecule has 4 rings (SSSR count). The molecule has 2 N–H and O–H groups in total. The lowest BCUT2D eigenvalue weighted by Crippen LogP contribution is -2.35. The van der Waals surface area contributed by atoms with Crippen LogP contribution in [0.5, 0.6) is 5.88 Å². The number of nitrogens with one attached hydrogen (secondary N) is 2. The summed E-state index contributed by atoms with van der Waals surface area (Å²) in [5, 5.41) is 19.4. The van der Waals surface area contributed by atoms with E-state index in [4.69, 9.17) is 16.3 Å². The third kappa shape index (κ3) is 5.41. The molecule has 1 aliphatic rings. The molecule has 9 nitrogen and oxygen atoms in total. The standard InChI is InChI=1S/C22H17Br2ClN6O3/c1-11(13-4-5-13)28-21(32)14-7-12(10-26)8-15(23)19(14)29-22(33)34-18-9-17(24)30-31(18)20-16(25)3-2-6-27-20/h2-3,6-9,11,13H,4-5H2,1H3,(H,28,32)(H,29,33). The minimum atomic E-state index is -0.879. The summed E-state index contributed by atoms with van der Waals surface area (Å²) in [6.07, 6.45) is 2.77. The minimum absolute atomic E-state index is 0.0216. The number of anilines is 1. The monoisotopic (exact) mass is 606 g/mol. The molecular formula is C22H17Br2ClN6O3. The smallest absolute Gasteiger partial charge is 0.391 e. The number of aromatic nitrogens is 3. The fraction of sp³-hybridized carbons (Fsp3) is 0.227. The number of nitriles is 1. The van der Waals surface area contributed by atoms with Crippen molar-refractivity contribution in [2.45, 2.75) is 25.8 Å². The predicted molar refractivity (Wildman–Crippen MR) is 132 cm³/mol. The summed E-state index contributed by atoms with van der Waals surface area (Å²) in [6, 6.07) is 9.69. The third-order valence-electron chi connectivity index (χ3n) is 5.16. The second-order valence-corrected chi connectivity index (χ2v) is 9.71. The quantitative estimate of drug-likeness (QED) is 0.384. The molecule has 1 fully saturated rings. The van der Waals surface area contributed by atoms with Crippen molar-refractivity contribution in [3.8, 4) is 17.8 Å². The summed E-state index contributed by atoms with van der Waals surface area (Å²) in [4.78, 5) is 30.0. The summed E-state index contributed by atoms with van der Waals surface area (Å²) in [5.74, 6) is 0.347. The van der Waals surface area contributed by atoms with Crippen molar-refractivity contribution in [1.29, 1.82) is 5.26 Å². The first-order chi connectivity index (χ1) is 16.3. The van der Waals surface area contributed by atoms with Gasteiger partial charge in [-0.2, -0.15) is 15.0 Å². The molecule has 12 heteroatoms. The molecule has 3 aromatic rings.